The molecule has 0 aliphatic heterocycles. The zero-order valence-electron chi connectivity index (χ0n) is 9.66. The first-order chi connectivity index (χ1) is 8.08. The highest BCUT2D eigenvalue weighted by Crippen LogP contribution is 2.25. The Labute approximate surface area is 111 Å². The molecule has 0 bridgehead atoms. The number of benzene rings is 1. The van der Waals surface area contributed by atoms with E-state index in [1.54, 1.807) is 18.2 Å². The zero-order chi connectivity index (χ0) is 12.8. The second-order valence-electron chi connectivity index (χ2n) is 3.89. The van der Waals surface area contributed by atoms with Crippen LogP contribution in [0.4, 0.5) is 0 Å². The molecule has 3 N–H and O–H groups in total. The molecule has 96 valence electrons. The van der Waals surface area contributed by atoms with Crippen molar-refractivity contribution < 1.29 is 10.2 Å². The van der Waals surface area contributed by atoms with Crippen LogP contribution in [0.25, 0.3) is 0 Å². The fraction of sp³-hybridized carbons (Fsp3) is 0.500. The number of aliphatic hydroxyl groups is 2. The molecule has 0 aliphatic rings. The van der Waals surface area contributed by atoms with E-state index in [1.807, 2.05) is 6.92 Å². The van der Waals surface area contributed by atoms with Crippen LogP contribution in [0.15, 0.2) is 18.2 Å². The lowest BCUT2D eigenvalue weighted by Gasteiger charge is -2.18. The summed E-state index contributed by atoms with van der Waals surface area (Å²) in [4.78, 5) is 0. The first-order valence-corrected chi connectivity index (χ1v) is 6.31. The number of rotatable bonds is 6. The van der Waals surface area contributed by atoms with Crippen molar-refractivity contribution in [3.05, 3.63) is 33.8 Å². The van der Waals surface area contributed by atoms with Gasteiger partial charge in [-0.1, -0.05) is 36.2 Å². The van der Waals surface area contributed by atoms with Crippen LogP contribution in [-0.2, 0) is 0 Å². The molecule has 0 saturated carbocycles. The number of hydrogen-bond acceptors (Lipinski definition) is 3. The maximum atomic E-state index is 9.93. The molecule has 0 saturated heterocycles. The third-order valence-electron chi connectivity index (χ3n) is 2.64. The highest BCUT2D eigenvalue weighted by molar-refractivity contribution is 6.42. The lowest BCUT2D eigenvalue weighted by Crippen LogP contribution is -2.34. The van der Waals surface area contributed by atoms with Crippen LogP contribution in [-0.4, -0.2) is 29.4 Å². The van der Waals surface area contributed by atoms with Crippen molar-refractivity contribution in [2.45, 2.75) is 25.5 Å². The molecule has 0 heterocycles. The first-order valence-electron chi connectivity index (χ1n) is 5.55. The Hall–Kier alpha value is -0.320. The molecule has 0 spiro atoms. The molecule has 2 unspecified atom stereocenters. The SMILES string of the molecule is CCC(CO)NCC(O)c1ccc(Cl)c(Cl)c1. The van der Waals surface area contributed by atoms with E-state index in [1.165, 1.54) is 0 Å². The fourth-order valence-electron chi connectivity index (χ4n) is 1.45. The largest absolute Gasteiger partial charge is 0.395 e. The Morgan fingerprint density at radius 2 is 2.00 bits per heavy atom. The fourth-order valence-corrected chi connectivity index (χ4v) is 1.76. The summed E-state index contributed by atoms with van der Waals surface area (Å²) in [5.41, 5.74) is 0.708. The molecule has 1 rings (SSSR count). The van der Waals surface area contributed by atoms with Gasteiger partial charge in [0.1, 0.15) is 0 Å². The Kier molecular flexibility index (Phi) is 6.23. The highest BCUT2D eigenvalue weighted by Gasteiger charge is 2.11. The van der Waals surface area contributed by atoms with E-state index >= 15 is 0 Å². The number of hydrogen-bond donors (Lipinski definition) is 3. The number of halogens is 2. The zero-order valence-corrected chi connectivity index (χ0v) is 11.2. The van der Waals surface area contributed by atoms with Crippen molar-refractivity contribution in [1.82, 2.24) is 5.32 Å². The molecule has 5 heteroatoms. The smallest absolute Gasteiger partial charge is 0.0915 e. The van der Waals surface area contributed by atoms with Gasteiger partial charge in [0.25, 0.3) is 0 Å². The van der Waals surface area contributed by atoms with Gasteiger partial charge in [-0.15, -0.1) is 0 Å². The van der Waals surface area contributed by atoms with Gasteiger partial charge in [-0.3, -0.25) is 0 Å². The van der Waals surface area contributed by atoms with E-state index in [2.05, 4.69) is 5.32 Å². The number of nitrogens with one attached hydrogen (secondary N) is 1. The lowest BCUT2D eigenvalue weighted by atomic mass is 10.1. The first kappa shape index (κ1) is 14.7. The Morgan fingerprint density at radius 1 is 1.29 bits per heavy atom. The maximum Gasteiger partial charge on any atom is 0.0915 e. The summed E-state index contributed by atoms with van der Waals surface area (Å²) in [7, 11) is 0. The van der Waals surface area contributed by atoms with Crippen LogP contribution < -0.4 is 5.32 Å². The third-order valence-corrected chi connectivity index (χ3v) is 3.38. The topological polar surface area (TPSA) is 52.5 Å². The van der Waals surface area contributed by atoms with Gasteiger partial charge < -0.3 is 15.5 Å². The van der Waals surface area contributed by atoms with Crippen molar-refractivity contribution >= 4 is 23.2 Å². The average molecular weight is 278 g/mol. The summed E-state index contributed by atoms with van der Waals surface area (Å²) in [5, 5.41) is 22.9. The van der Waals surface area contributed by atoms with Crippen LogP contribution in [0, 0.1) is 0 Å². The van der Waals surface area contributed by atoms with E-state index in [0.29, 0.717) is 22.2 Å². The summed E-state index contributed by atoms with van der Waals surface area (Å²) >= 11 is 11.7. The summed E-state index contributed by atoms with van der Waals surface area (Å²) in [6.45, 7) is 2.40. The van der Waals surface area contributed by atoms with Gasteiger partial charge in [-0.05, 0) is 24.1 Å². The standard InChI is InChI=1S/C12H17Cl2NO2/c1-2-9(7-16)15-6-12(17)8-3-4-10(13)11(14)5-8/h3-5,9,12,15-17H,2,6-7H2,1H3. The van der Waals surface area contributed by atoms with Gasteiger partial charge in [0, 0.05) is 12.6 Å². The quantitative estimate of drug-likeness (QED) is 0.749. The molecular weight excluding hydrogens is 261 g/mol. The van der Waals surface area contributed by atoms with Crippen molar-refractivity contribution in [2.75, 3.05) is 13.2 Å². The van der Waals surface area contributed by atoms with Crippen LogP contribution in [0.2, 0.25) is 10.0 Å². The molecule has 17 heavy (non-hydrogen) atoms. The minimum absolute atomic E-state index is 0.00687. The van der Waals surface area contributed by atoms with Crippen LogP contribution in [0.1, 0.15) is 25.0 Å². The summed E-state index contributed by atoms with van der Waals surface area (Å²) in [6.07, 6.45) is 0.148. The molecule has 0 aromatic heterocycles. The van der Waals surface area contributed by atoms with Gasteiger partial charge in [0.2, 0.25) is 0 Å². The second-order valence-corrected chi connectivity index (χ2v) is 4.70. The van der Waals surface area contributed by atoms with E-state index in [-0.39, 0.29) is 12.6 Å². The Bertz CT molecular complexity index is 356. The average Bonchev–Trinajstić information content (AvgIpc) is 2.33. The molecule has 0 amide bonds. The van der Waals surface area contributed by atoms with E-state index in [4.69, 9.17) is 28.3 Å². The maximum absolute atomic E-state index is 9.93. The predicted octanol–water partition coefficient (Wildman–Crippen LogP) is 2.39. The van der Waals surface area contributed by atoms with Crippen molar-refractivity contribution in [2.24, 2.45) is 0 Å². The Balaban J connectivity index is 2.57. The minimum Gasteiger partial charge on any atom is -0.395 e. The number of aliphatic hydroxyl groups excluding tert-OH is 2. The third kappa shape index (κ3) is 4.45. The Morgan fingerprint density at radius 3 is 2.53 bits per heavy atom. The molecule has 0 aliphatic carbocycles. The van der Waals surface area contributed by atoms with E-state index < -0.39 is 6.10 Å². The van der Waals surface area contributed by atoms with E-state index in [9.17, 15) is 5.11 Å². The second kappa shape index (κ2) is 7.19. The van der Waals surface area contributed by atoms with Crippen molar-refractivity contribution in [3.8, 4) is 0 Å². The molecule has 2 atom stereocenters. The molecule has 1 aromatic rings. The van der Waals surface area contributed by atoms with E-state index in [0.717, 1.165) is 6.42 Å². The highest BCUT2D eigenvalue weighted by atomic mass is 35.5. The molecule has 0 fully saturated rings. The molecule has 1 aromatic carbocycles. The molecule has 0 radical (unpaired) electrons. The van der Waals surface area contributed by atoms with Crippen LogP contribution in [0.5, 0.6) is 0 Å². The van der Waals surface area contributed by atoms with Crippen LogP contribution >= 0.6 is 23.2 Å². The monoisotopic (exact) mass is 277 g/mol. The van der Waals surface area contributed by atoms with Gasteiger partial charge in [-0.2, -0.15) is 0 Å². The van der Waals surface area contributed by atoms with Crippen molar-refractivity contribution in [3.63, 3.8) is 0 Å². The molecule has 3 nitrogen and oxygen atoms in total. The van der Waals surface area contributed by atoms with Gasteiger partial charge in [0.05, 0.1) is 22.8 Å². The summed E-state index contributed by atoms with van der Waals surface area (Å²) < 4.78 is 0. The lowest BCUT2D eigenvalue weighted by molar-refractivity contribution is 0.158. The van der Waals surface area contributed by atoms with Crippen LogP contribution in [0.3, 0.4) is 0 Å². The van der Waals surface area contributed by atoms with Gasteiger partial charge >= 0.3 is 0 Å². The summed E-state index contributed by atoms with van der Waals surface area (Å²) in [5.74, 6) is 0. The predicted molar refractivity (Wildman–Crippen MR) is 70.6 cm³/mol. The normalized spacial score (nSPS) is 14.6. The van der Waals surface area contributed by atoms with Gasteiger partial charge in [-0.25, -0.2) is 0 Å². The minimum atomic E-state index is -0.662. The van der Waals surface area contributed by atoms with Crippen molar-refractivity contribution in [1.29, 1.82) is 0 Å². The van der Waals surface area contributed by atoms with Gasteiger partial charge in [0.15, 0.2) is 0 Å². The summed E-state index contributed by atoms with van der Waals surface area (Å²) in [6, 6.07) is 5.05. The molecular formula is C12H17Cl2NO2.